The fourth-order valence-corrected chi connectivity index (χ4v) is 7.31. The van der Waals surface area contributed by atoms with Crippen LogP contribution in [0.1, 0.15) is 84.3 Å². The molecule has 1 aromatic heterocycles. The van der Waals surface area contributed by atoms with Gasteiger partial charge in [0.15, 0.2) is 5.75 Å². The van der Waals surface area contributed by atoms with Crippen molar-refractivity contribution in [2.75, 3.05) is 22.9 Å². The summed E-state index contributed by atoms with van der Waals surface area (Å²) in [6.07, 6.45) is 4.13. The number of nitrogens with one attached hydrogen (secondary N) is 3. The highest BCUT2D eigenvalue weighted by molar-refractivity contribution is 7.92. The van der Waals surface area contributed by atoms with Gasteiger partial charge in [0, 0.05) is 42.2 Å². The van der Waals surface area contributed by atoms with Crippen molar-refractivity contribution in [1.82, 2.24) is 20.2 Å². The van der Waals surface area contributed by atoms with Crippen LogP contribution in [-0.2, 0) is 43.0 Å². The molecule has 2 aliphatic rings. The molecule has 0 radical (unpaired) electrons. The van der Waals surface area contributed by atoms with Crippen molar-refractivity contribution in [1.29, 1.82) is 5.26 Å². The fraction of sp³-hybridized carbons (Fsp3) is 0.325. The van der Waals surface area contributed by atoms with Crippen molar-refractivity contribution in [3.8, 4) is 17.6 Å². The molecule has 3 heterocycles. The van der Waals surface area contributed by atoms with E-state index in [1.54, 1.807) is 36.4 Å². The molecule has 1 fully saturated rings. The number of imide groups is 1. The summed E-state index contributed by atoms with van der Waals surface area (Å²) < 4.78 is 37.0. The molecule has 1 atom stereocenters. The molecule has 0 saturated carbocycles. The highest BCUT2D eigenvalue weighted by Crippen LogP contribution is 2.39. The minimum atomic E-state index is -3.52. The highest BCUT2D eigenvalue weighted by atomic mass is 35.5. The van der Waals surface area contributed by atoms with Crippen molar-refractivity contribution in [2.24, 2.45) is 0 Å². The smallest absolute Gasteiger partial charge is 0.255 e. The molecule has 2 aliphatic heterocycles. The Hall–Kier alpha value is -6.05. The van der Waals surface area contributed by atoms with Gasteiger partial charge in [0.2, 0.25) is 33.7 Å². The largest absolute Gasteiger partial charge is 0.491 e. The zero-order chi connectivity index (χ0) is 40.9. The molecular formula is C40H40ClN7O8S. The summed E-state index contributed by atoms with van der Waals surface area (Å²) in [6.45, 7) is 4.55. The van der Waals surface area contributed by atoms with E-state index in [4.69, 9.17) is 21.1 Å². The van der Waals surface area contributed by atoms with E-state index in [0.717, 1.165) is 17.4 Å². The second-order valence-electron chi connectivity index (χ2n) is 14.3. The molecule has 6 rings (SSSR count). The summed E-state index contributed by atoms with van der Waals surface area (Å²) in [6, 6.07) is 19.1. The number of anilines is 2. The van der Waals surface area contributed by atoms with E-state index < -0.39 is 27.4 Å². The summed E-state index contributed by atoms with van der Waals surface area (Å²) in [5.74, 6) is -0.528. The zero-order valence-electron chi connectivity index (χ0n) is 31.4. The predicted molar refractivity (Wildman–Crippen MR) is 210 cm³/mol. The zero-order valence-corrected chi connectivity index (χ0v) is 33.0. The van der Waals surface area contributed by atoms with E-state index in [1.165, 1.54) is 11.1 Å². The first-order valence-electron chi connectivity index (χ1n) is 18.1. The Labute approximate surface area is 334 Å². The number of hydrogen-bond donors (Lipinski definition) is 3. The lowest BCUT2D eigenvalue weighted by Gasteiger charge is -2.29. The number of carbonyl (C=O) groups is 4. The van der Waals surface area contributed by atoms with Gasteiger partial charge in [0.1, 0.15) is 24.5 Å². The molecular weight excluding hydrogens is 774 g/mol. The molecule has 3 aromatic carbocycles. The van der Waals surface area contributed by atoms with Crippen molar-refractivity contribution in [2.45, 2.75) is 70.6 Å². The van der Waals surface area contributed by atoms with Crippen LogP contribution in [0.3, 0.4) is 0 Å². The van der Waals surface area contributed by atoms with Crippen LogP contribution in [0.2, 0.25) is 5.02 Å². The molecule has 3 N–H and O–H groups in total. The quantitative estimate of drug-likeness (QED) is 0.105. The Morgan fingerprint density at radius 2 is 1.82 bits per heavy atom. The first-order chi connectivity index (χ1) is 27.1. The van der Waals surface area contributed by atoms with Gasteiger partial charge < -0.3 is 19.7 Å². The molecule has 57 heavy (non-hydrogen) atoms. The lowest BCUT2D eigenvalue weighted by molar-refractivity contribution is -0.137. The van der Waals surface area contributed by atoms with Crippen molar-refractivity contribution in [3.63, 3.8) is 0 Å². The Balaban J connectivity index is 0.981. The van der Waals surface area contributed by atoms with Gasteiger partial charge in [-0.05, 0) is 84.5 Å². The van der Waals surface area contributed by atoms with Gasteiger partial charge in [0.05, 0.1) is 29.1 Å². The van der Waals surface area contributed by atoms with E-state index in [0.29, 0.717) is 41.1 Å². The second-order valence-corrected chi connectivity index (χ2v) is 16.4. The van der Waals surface area contributed by atoms with Gasteiger partial charge in [-0.25, -0.2) is 18.4 Å². The average molecular weight is 814 g/mol. The standard InChI is InChI=1S/C40H40ClN7O8S/c1-40(2,26-7-10-30(11-8-26)56-23-29-15-16-43-39(45-29)47-57(3,53)54)27-18-24(21-42)36(32(41)20-27)55-17-5-4-6-34(49)44-28-9-12-31-25(19-28)22-48(38(31)52)33-13-14-35(50)46-37(33)51/h7-12,15-16,18-20,33H,4-6,13-14,17,22-23H2,1-3H3,(H,44,49)(H,43,45,47)(H,46,50,51). The summed E-state index contributed by atoms with van der Waals surface area (Å²) in [4.78, 5) is 59.1. The van der Waals surface area contributed by atoms with E-state index >= 15 is 0 Å². The number of sulfonamides is 1. The van der Waals surface area contributed by atoms with Gasteiger partial charge in [-0.15, -0.1) is 0 Å². The van der Waals surface area contributed by atoms with E-state index in [9.17, 15) is 32.9 Å². The lowest BCUT2D eigenvalue weighted by atomic mass is 9.77. The molecule has 1 unspecified atom stereocenters. The number of aromatic nitrogens is 2. The number of piperidine rings is 1. The van der Waals surface area contributed by atoms with Crippen LogP contribution < -0.4 is 24.8 Å². The topological polar surface area (TPSA) is 210 Å². The van der Waals surface area contributed by atoms with E-state index in [1.807, 2.05) is 38.1 Å². The minimum Gasteiger partial charge on any atom is -0.491 e. The molecule has 17 heteroatoms. The normalized spacial score (nSPS) is 15.4. The van der Waals surface area contributed by atoms with Gasteiger partial charge >= 0.3 is 0 Å². The Bertz CT molecular complexity index is 2380. The number of rotatable bonds is 15. The first kappa shape index (κ1) is 40.6. The molecule has 0 aliphatic carbocycles. The third-order valence-corrected chi connectivity index (χ3v) is 10.5. The third-order valence-electron chi connectivity index (χ3n) is 9.69. The number of unbranched alkanes of at least 4 members (excludes halogenated alkanes) is 1. The maximum atomic E-state index is 13.0. The number of fused-ring (bicyclic) bond motifs is 1. The molecule has 0 bridgehead atoms. The van der Waals surface area contributed by atoms with Gasteiger partial charge in [-0.3, -0.25) is 29.2 Å². The lowest BCUT2D eigenvalue weighted by Crippen LogP contribution is -2.52. The Morgan fingerprint density at radius 1 is 1.05 bits per heavy atom. The summed E-state index contributed by atoms with van der Waals surface area (Å²) in [7, 11) is -3.52. The number of amides is 4. The van der Waals surface area contributed by atoms with E-state index in [2.05, 4.69) is 31.4 Å². The number of nitrogens with zero attached hydrogens (tertiary/aromatic N) is 4. The van der Waals surface area contributed by atoms with Crippen molar-refractivity contribution < 1.29 is 37.1 Å². The highest BCUT2D eigenvalue weighted by Gasteiger charge is 2.39. The first-order valence-corrected chi connectivity index (χ1v) is 20.4. The monoisotopic (exact) mass is 813 g/mol. The molecule has 1 saturated heterocycles. The summed E-state index contributed by atoms with van der Waals surface area (Å²) in [5, 5.41) is 15.4. The summed E-state index contributed by atoms with van der Waals surface area (Å²) >= 11 is 6.68. The van der Waals surface area contributed by atoms with Crippen LogP contribution in [0.5, 0.6) is 11.5 Å². The van der Waals surface area contributed by atoms with Crippen molar-refractivity contribution >= 4 is 56.9 Å². The van der Waals surface area contributed by atoms with Gasteiger partial charge in [-0.1, -0.05) is 37.6 Å². The second kappa shape index (κ2) is 17.0. The van der Waals surface area contributed by atoms with Crippen LogP contribution in [0.4, 0.5) is 11.6 Å². The number of benzene rings is 3. The van der Waals surface area contributed by atoms with E-state index in [-0.39, 0.29) is 79.0 Å². The van der Waals surface area contributed by atoms with Gasteiger partial charge in [-0.2, -0.15) is 5.26 Å². The molecule has 0 spiro atoms. The minimum absolute atomic E-state index is 0.0406. The molecule has 4 aromatic rings. The molecule has 296 valence electrons. The number of halogens is 1. The third kappa shape index (κ3) is 9.86. The molecule has 15 nitrogen and oxygen atoms in total. The average Bonchev–Trinajstić information content (AvgIpc) is 3.48. The fourth-order valence-electron chi connectivity index (χ4n) is 6.60. The SMILES string of the molecule is CC(C)(c1ccc(OCc2ccnc(NS(C)(=O)=O)n2)cc1)c1cc(Cl)c(OCCCCC(=O)Nc2ccc3c(c2)CN(C2CCC(=O)NC2=O)C3=O)c(C#N)c1. The Morgan fingerprint density at radius 3 is 2.54 bits per heavy atom. The van der Waals surface area contributed by atoms with Crippen LogP contribution in [0, 0.1) is 11.3 Å². The van der Waals surface area contributed by atoms with Gasteiger partial charge in [0.25, 0.3) is 5.91 Å². The number of ether oxygens (including phenoxy) is 2. The van der Waals surface area contributed by atoms with Crippen LogP contribution in [-0.4, -0.2) is 65.8 Å². The van der Waals surface area contributed by atoms with Crippen LogP contribution in [0.25, 0.3) is 0 Å². The Kier molecular flexibility index (Phi) is 12.1. The maximum Gasteiger partial charge on any atom is 0.255 e. The van der Waals surface area contributed by atoms with Crippen LogP contribution >= 0.6 is 11.6 Å². The van der Waals surface area contributed by atoms with Crippen LogP contribution in [0.15, 0.2) is 66.9 Å². The van der Waals surface area contributed by atoms with Crippen molar-refractivity contribution in [3.05, 3.63) is 105 Å². The number of carbonyl (C=O) groups excluding carboxylic acids is 4. The number of nitriles is 1. The number of hydrogen-bond acceptors (Lipinski definition) is 11. The predicted octanol–water partition coefficient (Wildman–Crippen LogP) is 5.23. The molecule has 4 amide bonds. The maximum absolute atomic E-state index is 13.0. The summed E-state index contributed by atoms with van der Waals surface area (Å²) in [5.41, 5.74) is 3.64.